The van der Waals surface area contributed by atoms with Crippen molar-refractivity contribution in [3.63, 3.8) is 0 Å². The van der Waals surface area contributed by atoms with Gasteiger partial charge in [-0.1, -0.05) is 15.9 Å². The summed E-state index contributed by atoms with van der Waals surface area (Å²) in [6.45, 7) is 2.26. The number of thiazole rings is 1. The lowest BCUT2D eigenvalue weighted by Crippen LogP contribution is -2.11. The summed E-state index contributed by atoms with van der Waals surface area (Å²) >= 11 is 4.59. The zero-order valence-corrected chi connectivity index (χ0v) is 17.3. The standard InChI is InChI=1S/C19H17BrN2O5S/c1-2-25-17(23)9-13-11-28-19(21-13)22-18(24)16-8-7-15(27-16)10-26-14-5-3-12(20)4-6-14/h3-8,11H,2,9-10H2,1H3,(H,21,22,24). The fraction of sp³-hybridized carbons (Fsp3) is 0.211. The SMILES string of the molecule is CCOC(=O)Cc1csc(NC(=O)c2ccc(COc3ccc(Br)cc3)o2)n1. The average Bonchev–Trinajstić information content (AvgIpc) is 3.31. The Balaban J connectivity index is 1.53. The van der Waals surface area contributed by atoms with E-state index >= 15 is 0 Å². The van der Waals surface area contributed by atoms with E-state index in [2.05, 4.69) is 26.2 Å². The molecule has 0 fully saturated rings. The van der Waals surface area contributed by atoms with Crippen molar-refractivity contribution in [1.29, 1.82) is 0 Å². The highest BCUT2D eigenvalue weighted by atomic mass is 79.9. The van der Waals surface area contributed by atoms with Crippen LogP contribution >= 0.6 is 27.3 Å². The van der Waals surface area contributed by atoms with Gasteiger partial charge in [0.15, 0.2) is 10.9 Å². The molecular weight excluding hydrogens is 448 g/mol. The predicted octanol–water partition coefficient (Wildman–Crippen LogP) is 4.44. The number of rotatable bonds is 8. The van der Waals surface area contributed by atoms with E-state index in [1.807, 2.05) is 24.3 Å². The first-order valence-corrected chi connectivity index (χ1v) is 10.1. The first-order chi connectivity index (χ1) is 13.5. The van der Waals surface area contributed by atoms with Crippen LogP contribution in [0.2, 0.25) is 0 Å². The number of hydrogen-bond donors (Lipinski definition) is 1. The molecule has 0 aliphatic carbocycles. The molecular formula is C19H17BrN2O5S. The highest BCUT2D eigenvalue weighted by molar-refractivity contribution is 9.10. The first kappa shape index (κ1) is 20.1. The minimum atomic E-state index is -0.424. The Labute approximate surface area is 173 Å². The van der Waals surface area contributed by atoms with Crippen molar-refractivity contribution >= 4 is 44.3 Å². The van der Waals surface area contributed by atoms with Gasteiger partial charge < -0.3 is 13.9 Å². The highest BCUT2D eigenvalue weighted by Gasteiger charge is 2.15. The molecule has 0 spiro atoms. The third-order valence-electron chi connectivity index (χ3n) is 3.48. The quantitative estimate of drug-likeness (QED) is 0.495. The second kappa shape index (κ2) is 9.52. The topological polar surface area (TPSA) is 90.7 Å². The maximum absolute atomic E-state index is 12.3. The number of nitrogens with zero attached hydrogens (tertiary/aromatic N) is 1. The van der Waals surface area contributed by atoms with Crippen molar-refractivity contribution in [2.75, 3.05) is 11.9 Å². The molecule has 2 aromatic heterocycles. The van der Waals surface area contributed by atoms with E-state index in [0.29, 0.717) is 28.9 Å². The number of amides is 1. The van der Waals surface area contributed by atoms with E-state index in [4.69, 9.17) is 13.9 Å². The molecule has 0 unspecified atom stereocenters. The van der Waals surface area contributed by atoms with Gasteiger partial charge in [0.25, 0.3) is 5.91 Å². The van der Waals surface area contributed by atoms with Gasteiger partial charge in [0.2, 0.25) is 0 Å². The van der Waals surface area contributed by atoms with Gasteiger partial charge in [-0.05, 0) is 43.3 Å². The van der Waals surface area contributed by atoms with Crippen LogP contribution < -0.4 is 10.1 Å². The molecule has 0 bridgehead atoms. The fourth-order valence-electron chi connectivity index (χ4n) is 2.23. The summed E-state index contributed by atoms with van der Waals surface area (Å²) in [4.78, 5) is 28.0. The molecule has 0 saturated carbocycles. The summed E-state index contributed by atoms with van der Waals surface area (Å²) in [5, 5.41) is 4.74. The number of esters is 1. The van der Waals surface area contributed by atoms with Crippen LogP contribution in [0.15, 0.2) is 50.7 Å². The van der Waals surface area contributed by atoms with Crippen LogP contribution in [0.4, 0.5) is 5.13 Å². The first-order valence-electron chi connectivity index (χ1n) is 8.42. The van der Waals surface area contributed by atoms with Crippen LogP contribution in [0.3, 0.4) is 0 Å². The molecule has 1 N–H and O–H groups in total. The number of benzene rings is 1. The van der Waals surface area contributed by atoms with E-state index in [1.165, 1.54) is 11.3 Å². The molecule has 9 heteroatoms. The predicted molar refractivity (Wildman–Crippen MR) is 108 cm³/mol. The Morgan fingerprint density at radius 1 is 1.21 bits per heavy atom. The van der Waals surface area contributed by atoms with Crippen LogP contribution in [0.5, 0.6) is 5.75 Å². The van der Waals surface area contributed by atoms with Gasteiger partial charge in [-0.3, -0.25) is 14.9 Å². The molecule has 7 nitrogen and oxygen atoms in total. The summed E-state index contributed by atoms with van der Waals surface area (Å²) in [6, 6.07) is 10.7. The molecule has 146 valence electrons. The minimum Gasteiger partial charge on any atom is -0.486 e. The number of ether oxygens (including phenoxy) is 2. The molecule has 0 aliphatic heterocycles. The van der Waals surface area contributed by atoms with Gasteiger partial charge in [-0.2, -0.15) is 0 Å². The lowest BCUT2D eigenvalue weighted by atomic mass is 10.3. The Morgan fingerprint density at radius 3 is 2.75 bits per heavy atom. The molecule has 0 saturated heterocycles. The third kappa shape index (κ3) is 5.67. The Bertz CT molecular complexity index is 951. The van der Waals surface area contributed by atoms with Crippen LogP contribution in [-0.2, 0) is 22.6 Å². The Hall–Kier alpha value is -2.65. The van der Waals surface area contributed by atoms with Crippen molar-refractivity contribution in [1.82, 2.24) is 4.98 Å². The number of carbonyl (C=O) groups excluding carboxylic acids is 2. The Morgan fingerprint density at radius 2 is 2.00 bits per heavy atom. The summed E-state index contributed by atoms with van der Waals surface area (Å²) in [7, 11) is 0. The number of aromatic nitrogens is 1. The van der Waals surface area contributed by atoms with Gasteiger partial charge >= 0.3 is 5.97 Å². The molecule has 2 heterocycles. The largest absolute Gasteiger partial charge is 0.486 e. The molecule has 0 atom stereocenters. The second-order valence-electron chi connectivity index (χ2n) is 5.59. The van der Waals surface area contributed by atoms with Gasteiger partial charge in [-0.25, -0.2) is 4.98 Å². The maximum Gasteiger partial charge on any atom is 0.311 e. The number of furan rings is 1. The number of nitrogens with one attached hydrogen (secondary N) is 1. The molecule has 1 aromatic carbocycles. The van der Waals surface area contributed by atoms with Gasteiger partial charge in [-0.15, -0.1) is 11.3 Å². The smallest absolute Gasteiger partial charge is 0.311 e. The number of hydrogen-bond acceptors (Lipinski definition) is 7. The van der Waals surface area contributed by atoms with Crippen molar-refractivity contribution in [3.8, 4) is 5.75 Å². The van der Waals surface area contributed by atoms with Gasteiger partial charge in [0.1, 0.15) is 18.1 Å². The maximum atomic E-state index is 12.3. The molecule has 3 rings (SSSR count). The average molecular weight is 465 g/mol. The van der Waals surface area contributed by atoms with Crippen LogP contribution in [0, 0.1) is 0 Å². The molecule has 0 radical (unpaired) electrons. The summed E-state index contributed by atoms with van der Waals surface area (Å²) in [5.41, 5.74) is 0.543. The van der Waals surface area contributed by atoms with Crippen molar-refractivity contribution in [2.24, 2.45) is 0 Å². The molecule has 0 aliphatic rings. The van der Waals surface area contributed by atoms with Gasteiger partial charge in [0, 0.05) is 9.85 Å². The van der Waals surface area contributed by atoms with E-state index in [0.717, 1.165) is 4.47 Å². The molecule has 28 heavy (non-hydrogen) atoms. The van der Waals surface area contributed by atoms with E-state index in [1.54, 1.807) is 24.4 Å². The van der Waals surface area contributed by atoms with Crippen LogP contribution in [0.1, 0.15) is 28.9 Å². The van der Waals surface area contributed by atoms with Gasteiger partial charge in [0.05, 0.1) is 18.7 Å². The van der Waals surface area contributed by atoms with E-state index in [9.17, 15) is 9.59 Å². The minimum absolute atomic E-state index is 0.0680. The number of halogens is 1. The lowest BCUT2D eigenvalue weighted by molar-refractivity contribution is -0.142. The number of carbonyl (C=O) groups is 2. The summed E-state index contributed by atoms with van der Waals surface area (Å²) < 4.78 is 17.0. The second-order valence-corrected chi connectivity index (χ2v) is 7.36. The summed E-state index contributed by atoms with van der Waals surface area (Å²) in [5.74, 6) is 0.591. The van der Waals surface area contributed by atoms with E-state index < -0.39 is 5.91 Å². The zero-order chi connectivity index (χ0) is 19.9. The fourth-order valence-corrected chi connectivity index (χ4v) is 3.20. The zero-order valence-electron chi connectivity index (χ0n) is 14.9. The van der Waals surface area contributed by atoms with Crippen molar-refractivity contribution < 1.29 is 23.5 Å². The molecule has 3 aromatic rings. The summed E-state index contributed by atoms with van der Waals surface area (Å²) in [6.07, 6.45) is 0.0680. The lowest BCUT2D eigenvalue weighted by Gasteiger charge is -2.04. The molecule has 1 amide bonds. The van der Waals surface area contributed by atoms with Crippen molar-refractivity contribution in [3.05, 3.63) is 63.5 Å². The normalized spacial score (nSPS) is 10.5. The highest BCUT2D eigenvalue weighted by Crippen LogP contribution is 2.20. The van der Waals surface area contributed by atoms with Crippen LogP contribution in [-0.4, -0.2) is 23.5 Å². The van der Waals surface area contributed by atoms with Crippen molar-refractivity contribution in [2.45, 2.75) is 20.0 Å². The van der Waals surface area contributed by atoms with E-state index in [-0.39, 0.29) is 24.8 Å². The Kier molecular flexibility index (Phi) is 6.83. The number of anilines is 1. The monoisotopic (exact) mass is 464 g/mol. The third-order valence-corrected chi connectivity index (χ3v) is 4.82. The van der Waals surface area contributed by atoms with Crippen LogP contribution in [0.25, 0.3) is 0 Å².